The zero-order chi connectivity index (χ0) is 9.54. The number of aromatic nitrogens is 3. The van der Waals surface area contributed by atoms with E-state index in [2.05, 4.69) is 31.3 Å². The summed E-state index contributed by atoms with van der Waals surface area (Å²) in [6.07, 6.45) is 4.37. The van der Waals surface area contributed by atoms with Gasteiger partial charge >= 0.3 is 0 Å². The van der Waals surface area contributed by atoms with E-state index in [1.54, 1.807) is 4.52 Å². The molecule has 1 aliphatic rings. The van der Waals surface area contributed by atoms with Crippen LogP contribution in [0.5, 0.6) is 0 Å². The molecule has 2 aromatic rings. The molecular formula is C9H9BrN4. The van der Waals surface area contributed by atoms with E-state index >= 15 is 0 Å². The summed E-state index contributed by atoms with van der Waals surface area (Å²) < 4.78 is 2.78. The first-order chi connectivity index (χ1) is 6.81. The number of hydrogen-bond donors (Lipinski definition) is 1. The number of fused-ring (bicyclic) bond motifs is 1. The fraction of sp³-hybridized carbons (Fsp3) is 0.333. The third-order valence-corrected chi connectivity index (χ3v) is 2.67. The van der Waals surface area contributed by atoms with Crippen LogP contribution < -0.4 is 5.32 Å². The average molecular weight is 253 g/mol. The number of pyridine rings is 1. The number of nitrogens with one attached hydrogen (secondary N) is 1. The van der Waals surface area contributed by atoms with Crippen LogP contribution in [-0.2, 0) is 0 Å². The molecule has 0 bridgehead atoms. The maximum absolute atomic E-state index is 4.35. The third-order valence-electron chi connectivity index (χ3n) is 2.21. The van der Waals surface area contributed by atoms with E-state index in [0.717, 1.165) is 16.1 Å². The number of halogens is 1. The number of hydrogen-bond acceptors (Lipinski definition) is 3. The summed E-state index contributed by atoms with van der Waals surface area (Å²) in [6.45, 7) is 0. The van der Waals surface area contributed by atoms with Gasteiger partial charge in [0.05, 0.1) is 0 Å². The molecule has 1 saturated carbocycles. The number of anilines is 1. The zero-order valence-electron chi connectivity index (χ0n) is 7.44. The Balaban J connectivity index is 2.01. The Morgan fingerprint density at radius 3 is 3.07 bits per heavy atom. The van der Waals surface area contributed by atoms with Crippen molar-refractivity contribution in [2.24, 2.45) is 0 Å². The molecule has 3 rings (SSSR count). The van der Waals surface area contributed by atoms with Gasteiger partial charge in [0.15, 0.2) is 5.65 Å². The lowest BCUT2D eigenvalue weighted by Gasteiger charge is -1.93. The highest BCUT2D eigenvalue weighted by atomic mass is 79.9. The molecule has 2 aromatic heterocycles. The molecule has 0 radical (unpaired) electrons. The lowest BCUT2D eigenvalue weighted by molar-refractivity contribution is 0.945. The zero-order valence-corrected chi connectivity index (χ0v) is 9.03. The molecule has 1 N–H and O–H groups in total. The second kappa shape index (κ2) is 2.95. The van der Waals surface area contributed by atoms with E-state index in [9.17, 15) is 0 Å². The van der Waals surface area contributed by atoms with E-state index in [-0.39, 0.29) is 0 Å². The van der Waals surface area contributed by atoms with Gasteiger partial charge < -0.3 is 5.32 Å². The molecule has 0 aromatic carbocycles. The molecule has 0 saturated heterocycles. The SMILES string of the molecule is Brc1ccc2nc(NC3CC3)nn2c1. The standard InChI is InChI=1S/C9H9BrN4/c10-6-1-4-8-12-9(11-7-2-3-7)13-14(8)5-6/h1,4-5,7H,2-3H2,(H,11,13). The first-order valence-corrected chi connectivity index (χ1v) is 5.39. The quantitative estimate of drug-likeness (QED) is 0.890. The number of nitrogens with zero attached hydrogens (tertiary/aromatic N) is 3. The summed E-state index contributed by atoms with van der Waals surface area (Å²) in [6, 6.07) is 4.50. The van der Waals surface area contributed by atoms with E-state index < -0.39 is 0 Å². The maximum atomic E-state index is 4.35. The van der Waals surface area contributed by atoms with Crippen molar-refractivity contribution in [1.29, 1.82) is 0 Å². The molecule has 0 amide bonds. The molecule has 14 heavy (non-hydrogen) atoms. The van der Waals surface area contributed by atoms with Crippen LogP contribution in [0.3, 0.4) is 0 Å². The molecule has 0 unspecified atom stereocenters. The van der Waals surface area contributed by atoms with Gasteiger partial charge in [0, 0.05) is 16.7 Å². The summed E-state index contributed by atoms with van der Waals surface area (Å²) in [7, 11) is 0. The minimum Gasteiger partial charge on any atom is -0.350 e. The first kappa shape index (κ1) is 8.23. The average Bonchev–Trinajstić information content (AvgIpc) is 2.84. The van der Waals surface area contributed by atoms with Crippen LogP contribution >= 0.6 is 15.9 Å². The Morgan fingerprint density at radius 2 is 2.29 bits per heavy atom. The Labute approximate surface area is 89.5 Å². The summed E-state index contributed by atoms with van der Waals surface area (Å²) in [5, 5.41) is 7.58. The van der Waals surface area contributed by atoms with E-state index in [1.807, 2.05) is 18.3 Å². The highest BCUT2D eigenvalue weighted by molar-refractivity contribution is 9.10. The van der Waals surface area contributed by atoms with Crippen LogP contribution in [0.25, 0.3) is 5.65 Å². The van der Waals surface area contributed by atoms with E-state index in [4.69, 9.17) is 0 Å². The predicted molar refractivity (Wildman–Crippen MR) is 57.3 cm³/mol. The fourth-order valence-electron chi connectivity index (χ4n) is 1.33. The largest absolute Gasteiger partial charge is 0.350 e. The van der Waals surface area contributed by atoms with Gasteiger partial charge in [-0.15, -0.1) is 5.10 Å². The second-order valence-electron chi connectivity index (χ2n) is 3.50. The van der Waals surface area contributed by atoms with Crippen LogP contribution in [0.2, 0.25) is 0 Å². The van der Waals surface area contributed by atoms with Gasteiger partial charge in [-0.1, -0.05) is 0 Å². The molecule has 1 aliphatic carbocycles. The van der Waals surface area contributed by atoms with Gasteiger partial charge in [-0.25, -0.2) is 4.52 Å². The summed E-state index contributed by atoms with van der Waals surface area (Å²) in [5.74, 6) is 0.727. The Morgan fingerprint density at radius 1 is 1.43 bits per heavy atom. The Hall–Kier alpha value is -1.10. The summed E-state index contributed by atoms with van der Waals surface area (Å²) in [5.41, 5.74) is 0.872. The molecule has 4 nitrogen and oxygen atoms in total. The minimum atomic E-state index is 0.593. The van der Waals surface area contributed by atoms with Gasteiger partial charge in [0.2, 0.25) is 5.95 Å². The van der Waals surface area contributed by atoms with Crippen LogP contribution in [0, 0.1) is 0 Å². The molecule has 0 atom stereocenters. The van der Waals surface area contributed by atoms with Gasteiger partial charge in [0.25, 0.3) is 0 Å². The summed E-state index contributed by atoms with van der Waals surface area (Å²) in [4.78, 5) is 4.35. The molecule has 0 spiro atoms. The smallest absolute Gasteiger partial charge is 0.243 e. The van der Waals surface area contributed by atoms with Crippen molar-refractivity contribution in [1.82, 2.24) is 14.6 Å². The van der Waals surface area contributed by atoms with Gasteiger partial charge in [0.1, 0.15) is 0 Å². The first-order valence-electron chi connectivity index (χ1n) is 4.60. The highest BCUT2D eigenvalue weighted by Crippen LogP contribution is 2.23. The molecule has 72 valence electrons. The van der Waals surface area contributed by atoms with Crippen LogP contribution in [-0.4, -0.2) is 20.6 Å². The molecule has 1 fully saturated rings. The van der Waals surface area contributed by atoms with Crippen LogP contribution in [0.1, 0.15) is 12.8 Å². The van der Waals surface area contributed by atoms with Crippen molar-refractivity contribution in [3.63, 3.8) is 0 Å². The normalized spacial score (nSPS) is 16.1. The van der Waals surface area contributed by atoms with Crippen LogP contribution in [0.15, 0.2) is 22.8 Å². The maximum Gasteiger partial charge on any atom is 0.243 e. The second-order valence-corrected chi connectivity index (χ2v) is 4.42. The van der Waals surface area contributed by atoms with Gasteiger partial charge in [-0.2, -0.15) is 4.98 Å². The fourth-order valence-corrected chi connectivity index (χ4v) is 1.66. The lowest BCUT2D eigenvalue weighted by Crippen LogP contribution is -2.02. The van der Waals surface area contributed by atoms with E-state index in [0.29, 0.717) is 6.04 Å². The Kier molecular flexibility index (Phi) is 1.73. The molecule has 5 heteroatoms. The van der Waals surface area contributed by atoms with Crippen molar-refractivity contribution >= 4 is 27.5 Å². The minimum absolute atomic E-state index is 0.593. The van der Waals surface area contributed by atoms with Gasteiger partial charge in [-0.05, 0) is 40.9 Å². The van der Waals surface area contributed by atoms with Crippen molar-refractivity contribution < 1.29 is 0 Å². The topological polar surface area (TPSA) is 42.2 Å². The summed E-state index contributed by atoms with van der Waals surface area (Å²) >= 11 is 3.40. The van der Waals surface area contributed by atoms with E-state index in [1.165, 1.54) is 12.8 Å². The lowest BCUT2D eigenvalue weighted by atomic mass is 10.5. The van der Waals surface area contributed by atoms with Crippen molar-refractivity contribution in [3.05, 3.63) is 22.8 Å². The third kappa shape index (κ3) is 1.48. The van der Waals surface area contributed by atoms with Crippen molar-refractivity contribution in [2.75, 3.05) is 5.32 Å². The molecule has 2 heterocycles. The Bertz CT molecular complexity index is 475. The monoisotopic (exact) mass is 252 g/mol. The van der Waals surface area contributed by atoms with Gasteiger partial charge in [-0.3, -0.25) is 0 Å². The molecular weight excluding hydrogens is 244 g/mol. The van der Waals surface area contributed by atoms with Crippen LogP contribution in [0.4, 0.5) is 5.95 Å². The highest BCUT2D eigenvalue weighted by Gasteiger charge is 2.22. The molecule has 0 aliphatic heterocycles. The predicted octanol–water partition coefficient (Wildman–Crippen LogP) is 2.07. The van der Waals surface area contributed by atoms with Crippen molar-refractivity contribution in [3.8, 4) is 0 Å². The number of rotatable bonds is 2. The van der Waals surface area contributed by atoms with Crippen molar-refractivity contribution in [2.45, 2.75) is 18.9 Å².